The van der Waals surface area contributed by atoms with E-state index in [4.69, 9.17) is 27.9 Å². The minimum absolute atomic E-state index is 0.0461. The number of nitrogens with zero attached hydrogens (tertiary/aromatic N) is 1. The van der Waals surface area contributed by atoms with Gasteiger partial charge in [0.25, 0.3) is 5.91 Å². The summed E-state index contributed by atoms with van der Waals surface area (Å²) >= 11 is 15.3. The molecule has 0 saturated carbocycles. The minimum Gasteiger partial charge on any atom is -0.484 e. The number of aromatic nitrogens is 1. The molecule has 0 unspecified atom stereocenters. The van der Waals surface area contributed by atoms with Gasteiger partial charge in [0.05, 0.1) is 20.3 Å². The number of para-hydroxylation sites is 1. The number of halogens is 2. The van der Waals surface area contributed by atoms with Crippen molar-refractivity contribution in [2.24, 2.45) is 0 Å². The molecule has 1 N–H and O–H groups in total. The van der Waals surface area contributed by atoms with Crippen LogP contribution in [0.2, 0.25) is 10.0 Å². The third-order valence-corrected chi connectivity index (χ3v) is 7.08. The summed E-state index contributed by atoms with van der Waals surface area (Å²) in [6, 6.07) is 20.6. The molecule has 4 aromatic rings. The van der Waals surface area contributed by atoms with Crippen molar-refractivity contribution in [2.45, 2.75) is 10.1 Å². The van der Waals surface area contributed by atoms with Crippen LogP contribution in [-0.4, -0.2) is 17.5 Å². The molecule has 8 heteroatoms. The van der Waals surface area contributed by atoms with Gasteiger partial charge in [-0.15, -0.1) is 11.3 Å². The maximum Gasteiger partial charge on any atom is 0.262 e. The quantitative estimate of drug-likeness (QED) is 0.295. The highest BCUT2D eigenvalue weighted by molar-refractivity contribution is 8.00. The summed E-state index contributed by atoms with van der Waals surface area (Å²) in [7, 11) is 0. The Morgan fingerprint density at radius 1 is 1.03 bits per heavy atom. The first-order valence-electron chi connectivity index (χ1n) is 9.02. The van der Waals surface area contributed by atoms with Crippen molar-refractivity contribution in [3.63, 3.8) is 0 Å². The number of rotatable bonds is 7. The van der Waals surface area contributed by atoms with Crippen molar-refractivity contribution in [2.75, 3.05) is 11.9 Å². The van der Waals surface area contributed by atoms with Gasteiger partial charge < -0.3 is 10.1 Å². The highest BCUT2D eigenvalue weighted by Crippen LogP contribution is 2.34. The fourth-order valence-corrected chi connectivity index (χ4v) is 5.05. The number of anilines is 1. The van der Waals surface area contributed by atoms with Crippen LogP contribution >= 0.6 is 46.3 Å². The first kappa shape index (κ1) is 21.0. The number of carbonyl (C=O) groups excluding carboxylic acids is 1. The number of hydrogen-bond donors (Lipinski definition) is 1. The Hall–Kier alpha value is -2.25. The lowest BCUT2D eigenvalue weighted by molar-refractivity contribution is -0.118. The average molecular weight is 475 g/mol. The SMILES string of the molecule is O=C(COc1ccccc1)Nc1ccc2nc(SCc3ccc(Cl)c(Cl)c3)sc2c1. The molecule has 0 atom stereocenters. The van der Waals surface area contributed by atoms with Crippen LogP contribution in [-0.2, 0) is 10.5 Å². The maximum atomic E-state index is 12.2. The maximum absolute atomic E-state index is 12.2. The predicted octanol–water partition coefficient (Wildman–Crippen LogP) is 6.91. The highest BCUT2D eigenvalue weighted by Gasteiger charge is 2.09. The molecule has 0 radical (unpaired) electrons. The Morgan fingerprint density at radius 3 is 2.67 bits per heavy atom. The smallest absolute Gasteiger partial charge is 0.262 e. The molecule has 1 amide bonds. The number of benzene rings is 3. The van der Waals surface area contributed by atoms with Gasteiger partial charge in [0.15, 0.2) is 10.9 Å². The molecule has 1 heterocycles. The van der Waals surface area contributed by atoms with E-state index in [-0.39, 0.29) is 12.5 Å². The molecule has 4 rings (SSSR count). The van der Waals surface area contributed by atoms with Crippen molar-refractivity contribution < 1.29 is 9.53 Å². The summed E-state index contributed by atoms with van der Waals surface area (Å²) in [6.07, 6.45) is 0. The van der Waals surface area contributed by atoms with Gasteiger partial charge in [-0.3, -0.25) is 4.79 Å². The lowest BCUT2D eigenvalue weighted by Crippen LogP contribution is -2.20. The summed E-state index contributed by atoms with van der Waals surface area (Å²) in [5, 5.41) is 3.97. The van der Waals surface area contributed by atoms with Crippen LogP contribution in [0.1, 0.15) is 5.56 Å². The Labute approximate surface area is 192 Å². The molecule has 4 nitrogen and oxygen atoms in total. The number of carbonyl (C=O) groups is 1. The summed E-state index contributed by atoms with van der Waals surface area (Å²) in [5.74, 6) is 1.20. The first-order chi connectivity index (χ1) is 14.6. The van der Waals surface area contributed by atoms with Crippen molar-refractivity contribution in [1.29, 1.82) is 0 Å². The van der Waals surface area contributed by atoms with E-state index in [1.54, 1.807) is 29.2 Å². The van der Waals surface area contributed by atoms with Gasteiger partial charge in [-0.2, -0.15) is 0 Å². The standard InChI is InChI=1S/C22H16Cl2N2O2S2/c23-17-8-6-14(10-18(17)24)13-29-22-26-19-9-7-15(11-20(19)30-22)25-21(27)12-28-16-4-2-1-3-5-16/h1-11H,12-13H2,(H,25,27). The van der Waals surface area contributed by atoms with Crippen molar-refractivity contribution in [1.82, 2.24) is 4.98 Å². The summed E-state index contributed by atoms with van der Waals surface area (Å²) in [4.78, 5) is 16.8. The number of hydrogen-bond acceptors (Lipinski definition) is 5. The number of ether oxygens (including phenoxy) is 1. The summed E-state index contributed by atoms with van der Waals surface area (Å²) in [6.45, 7) is -0.0461. The monoisotopic (exact) mass is 474 g/mol. The molecule has 30 heavy (non-hydrogen) atoms. The number of thiazole rings is 1. The van der Waals surface area contributed by atoms with Crippen molar-refractivity contribution in [3.8, 4) is 5.75 Å². The zero-order valence-corrected chi connectivity index (χ0v) is 18.7. The van der Waals surface area contributed by atoms with Crippen molar-refractivity contribution in [3.05, 3.63) is 82.3 Å². The van der Waals surface area contributed by atoms with E-state index in [1.807, 2.05) is 60.7 Å². The Balaban J connectivity index is 1.37. The summed E-state index contributed by atoms with van der Waals surface area (Å²) in [5.41, 5.74) is 2.70. The summed E-state index contributed by atoms with van der Waals surface area (Å²) < 4.78 is 7.44. The second kappa shape index (κ2) is 9.71. The normalized spacial score (nSPS) is 10.9. The molecular weight excluding hydrogens is 459 g/mol. The molecular formula is C22H16Cl2N2O2S2. The molecule has 0 saturated heterocycles. The predicted molar refractivity (Wildman–Crippen MR) is 126 cm³/mol. The topological polar surface area (TPSA) is 51.2 Å². The molecule has 0 bridgehead atoms. The van der Waals surface area contributed by atoms with Crippen LogP contribution < -0.4 is 10.1 Å². The number of fused-ring (bicyclic) bond motifs is 1. The molecule has 152 valence electrons. The van der Waals surface area contributed by atoms with Crippen LogP contribution in [0.15, 0.2) is 71.1 Å². The second-order valence-corrected chi connectivity index (χ2v) is 9.42. The van der Waals surface area contributed by atoms with Gasteiger partial charge in [-0.1, -0.05) is 59.2 Å². The fraction of sp³-hybridized carbons (Fsp3) is 0.0909. The van der Waals surface area contributed by atoms with Gasteiger partial charge in [0.1, 0.15) is 5.75 Å². The van der Waals surface area contributed by atoms with E-state index in [2.05, 4.69) is 10.3 Å². The molecule has 3 aromatic carbocycles. The van der Waals surface area contributed by atoms with E-state index in [9.17, 15) is 4.79 Å². The zero-order valence-electron chi connectivity index (χ0n) is 15.6. The molecule has 0 aliphatic rings. The van der Waals surface area contributed by atoms with Crippen LogP contribution in [0, 0.1) is 0 Å². The van der Waals surface area contributed by atoms with Crippen LogP contribution in [0.3, 0.4) is 0 Å². The van der Waals surface area contributed by atoms with Crippen LogP contribution in [0.5, 0.6) is 5.75 Å². The van der Waals surface area contributed by atoms with E-state index in [0.29, 0.717) is 21.5 Å². The largest absolute Gasteiger partial charge is 0.484 e. The Morgan fingerprint density at radius 2 is 1.87 bits per heavy atom. The number of nitrogens with one attached hydrogen (secondary N) is 1. The minimum atomic E-state index is -0.211. The van der Waals surface area contributed by atoms with Crippen LogP contribution in [0.4, 0.5) is 5.69 Å². The van der Waals surface area contributed by atoms with Gasteiger partial charge >= 0.3 is 0 Å². The van der Waals surface area contributed by atoms with Gasteiger partial charge in [0, 0.05) is 11.4 Å². The first-order valence-corrected chi connectivity index (χ1v) is 11.6. The Kier molecular flexibility index (Phi) is 6.79. The lowest BCUT2D eigenvalue weighted by Gasteiger charge is -2.07. The number of amides is 1. The van der Waals surface area contributed by atoms with Gasteiger partial charge in [0.2, 0.25) is 0 Å². The fourth-order valence-electron chi connectivity index (χ4n) is 2.68. The zero-order chi connectivity index (χ0) is 20.9. The Bertz CT molecular complexity index is 1180. The molecule has 0 aliphatic carbocycles. The number of thioether (sulfide) groups is 1. The van der Waals surface area contributed by atoms with E-state index < -0.39 is 0 Å². The lowest BCUT2D eigenvalue weighted by atomic mass is 10.2. The molecule has 0 spiro atoms. The van der Waals surface area contributed by atoms with E-state index in [0.717, 1.165) is 25.9 Å². The molecule has 1 aromatic heterocycles. The third kappa shape index (κ3) is 5.46. The van der Waals surface area contributed by atoms with Crippen LogP contribution in [0.25, 0.3) is 10.2 Å². The molecule has 0 fully saturated rings. The van der Waals surface area contributed by atoms with Crippen molar-refractivity contribution >= 4 is 68.1 Å². The van der Waals surface area contributed by atoms with Gasteiger partial charge in [-0.25, -0.2) is 4.98 Å². The van der Waals surface area contributed by atoms with E-state index in [1.165, 1.54) is 0 Å². The average Bonchev–Trinajstić information content (AvgIpc) is 3.16. The second-order valence-electron chi connectivity index (χ2n) is 6.35. The molecule has 0 aliphatic heterocycles. The van der Waals surface area contributed by atoms with Gasteiger partial charge in [-0.05, 0) is 48.0 Å². The highest BCUT2D eigenvalue weighted by atomic mass is 35.5. The third-order valence-electron chi connectivity index (χ3n) is 4.11. The van der Waals surface area contributed by atoms with E-state index >= 15 is 0 Å².